The fourth-order valence-corrected chi connectivity index (χ4v) is 6.13. The van der Waals surface area contributed by atoms with Crippen LogP contribution in [0.3, 0.4) is 0 Å². The maximum absolute atomic E-state index is 12.7. The molecule has 0 atom stereocenters. The lowest BCUT2D eigenvalue weighted by Gasteiger charge is -2.35. The molecule has 0 amide bonds. The number of imidazole rings is 1. The molecule has 1 aliphatic rings. The summed E-state index contributed by atoms with van der Waals surface area (Å²) in [6.07, 6.45) is 0. The fourth-order valence-electron chi connectivity index (χ4n) is 3.07. The van der Waals surface area contributed by atoms with Crippen LogP contribution in [-0.4, -0.2) is 48.9 Å². The van der Waals surface area contributed by atoms with Crippen LogP contribution in [-0.2, 0) is 10.0 Å². The van der Waals surface area contributed by atoms with Gasteiger partial charge in [0.25, 0.3) is 10.0 Å². The number of hydrogen-bond acceptors (Lipinski definition) is 5. The van der Waals surface area contributed by atoms with Crippen molar-refractivity contribution in [1.29, 1.82) is 0 Å². The Morgan fingerprint density at radius 1 is 1.16 bits per heavy atom. The third-order valence-corrected chi connectivity index (χ3v) is 7.93. The summed E-state index contributed by atoms with van der Waals surface area (Å²) in [4.78, 5) is 9.85. The number of hydrogen-bond donors (Lipinski definition) is 1. The first kappa shape index (κ1) is 16.8. The number of thiophene rings is 1. The second-order valence-corrected chi connectivity index (χ2v) is 9.85. The van der Waals surface area contributed by atoms with Gasteiger partial charge in [0.05, 0.1) is 15.4 Å². The number of halogens is 1. The first-order chi connectivity index (χ1) is 11.9. The van der Waals surface area contributed by atoms with Crippen molar-refractivity contribution in [2.24, 2.45) is 0 Å². The number of aryl methyl sites for hydroxylation is 1. The normalized spacial score (nSPS) is 16.6. The number of rotatable bonds is 3. The minimum Gasteiger partial charge on any atom is -0.369 e. The van der Waals surface area contributed by atoms with E-state index >= 15 is 0 Å². The van der Waals surface area contributed by atoms with Crippen molar-refractivity contribution in [3.05, 3.63) is 40.5 Å². The van der Waals surface area contributed by atoms with Crippen LogP contribution in [0.2, 0.25) is 4.34 Å². The molecule has 1 N–H and O–H groups in total. The van der Waals surface area contributed by atoms with Crippen molar-refractivity contribution in [3.8, 4) is 0 Å². The van der Waals surface area contributed by atoms with E-state index in [1.807, 2.05) is 19.1 Å². The topological polar surface area (TPSA) is 69.3 Å². The van der Waals surface area contributed by atoms with E-state index in [-0.39, 0.29) is 0 Å². The van der Waals surface area contributed by atoms with Gasteiger partial charge in [-0.2, -0.15) is 4.31 Å². The van der Waals surface area contributed by atoms with Crippen LogP contribution in [0.5, 0.6) is 0 Å². The molecule has 1 aromatic carbocycles. The fraction of sp³-hybridized carbons (Fsp3) is 0.312. The summed E-state index contributed by atoms with van der Waals surface area (Å²) >= 11 is 6.98. The largest absolute Gasteiger partial charge is 0.369 e. The molecule has 3 heterocycles. The SMILES string of the molecule is Cc1nc2ccc(N3CCN(S(=O)(=O)c4ccc(Cl)s4)CC3)cc2[nH]1. The lowest BCUT2D eigenvalue weighted by molar-refractivity contribution is 0.386. The molecule has 2 aromatic heterocycles. The Hall–Kier alpha value is -1.61. The maximum atomic E-state index is 12.7. The third-order valence-electron chi connectivity index (χ3n) is 4.33. The highest BCUT2D eigenvalue weighted by atomic mass is 35.5. The molecule has 1 fully saturated rings. The number of aromatic nitrogens is 2. The molecule has 4 rings (SSSR count). The highest BCUT2D eigenvalue weighted by Crippen LogP contribution is 2.29. The number of piperazine rings is 1. The van der Waals surface area contributed by atoms with Crippen LogP contribution >= 0.6 is 22.9 Å². The Balaban J connectivity index is 1.50. The van der Waals surface area contributed by atoms with E-state index in [4.69, 9.17) is 11.6 Å². The quantitative estimate of drug-likeness (QED) is 0.738. The first-order valence-corrected chi connectivity index (χ1v) is 10.5. The predicted octanol–water partition coefficient (Wildman–Crippen LogP) is 3.10. The summed E-state index contributed by atoms with van der Waals surface area (Å²) in [5.74, 6) is 0.887. The number of H-pyrrole nitrogens is 1. The third kappa shape index (κ3) is 3.15. The number of nitrogens with one attached hydrogen (secondary N) is 1. The first-order valence-electron chi connectivity index (χ1n) is 7.90. The van der Waals surface area contributed by atoms with Gasteiger partial charge < -0.3 is 9.88 Å². The number of nitrogens with zero attached hydrogens (tertiary/aromatic N) is 3. The Bertz CT molecular complexity index is 1020. The van der Waals surface area contributed by atoms with Gasteiger partial charge in [0.1, 0.15) is 10.0 Å². The van der Waals surface area contributed by atoms with E-state index in [0.717, 1.165) is 33.9 Å². The van der Waals surface area contributed by atoms with Gasteiger partial charge in [-0.3, -0.25) is 0 Å². The van der Waals surface area contributed by atoms with Crippen molar-refractivity contribution in [2.45, 2.75) is 11.1 Å². The number of sulfonamides is 1. The lowest BCUT2D eigenvalue weighted by Crippen LogP contribution is -2.48. The zero-order valence-corrected chi connectivity index (χ0v) is 16.0. The molecular weight excluding hydrogens is 380 g/mol. The van der Waals surface area contributed by atoms with Crippen LogP contribution in [0.4, 0.5) is 5.69 Å². The second kappa shape index (κ2) is 6.28. The molecule has 1 aliphatic heterocycles. The molecule has 6 nitrogen and oxygen atoms in total. The summed E-state index contributed by atoms with van der Waals surface area (Å²) in [5.41, 5.74) is 3.02. The Morgan fingerprint density at radius 3 is 2.60 bits per heavy atom. The van der Waals surface area contributed by atoms with E-state index in [0.29, 0.717) is 34.7 Å². The zero-order chi connectivity index (χ0) is 17.6. The average Bonchev–Trinajstić information content (AvgIpc) is 3.19. The summed E-state index contributed by atoms with van der Waals surface area (Å²) in [6.45, 7) is 4.14. The van der Waals surface area contributed by atoms with Crippen molar-refractivity contribution >= 4 is 49.7 Å². The molecule has 0 spiro atoms. The Kier molecular flexibility index (Phi) is 4.23. The van der Waals surface area contributed by atoms with Crippen LogP contribution in [0, 0.1) is 6.92 Å². The number of anilines is 1. The van der Waals surface area contributed by atoms with Crippen LogP contribution in [0.15, 0.2) is 34.5 Å². The van der Waals surface area contributed by atoms with E-state index in [1.54, 1.807) is 12.1 Å². The van der Waals surface area contributed by atoms with Gasteiger partial charge in [-0.25, -0.2) is 13.4 Å². The monoisotopic (exact) mass is 396 g/mol. The van der Waals surface area contributed by atoms with Gasteiger partial charge in [-0.1, -0.05) is 11.6 Å². The minimum atomic E-state index is -3.45. The highest BCUT2D eigenvalue weighted by Gasteiger charge is 2.29. The van der Waals surface area contributed by atoms with Gasteiger partial charge in [-0.15, -0.1) is 11.3 Å². The van der Waals surface area contributed by atoms with Gasteiger partial charge in [-0.05, 0) is 37.3 Å². The summed E-state index contributed by atoms with van der Waals surface area (Å²) in [7, 11) is -3.45. The van der Waals surface area contributed by atoms with E-state index < -0.39 is 10.0 Å². The predicted molar refractivity (Wildman–Crippen MR) is 101 cm³/mol. The highest BCUT2D eigenvalue weighted by molar-refractivity contribution is 7.91. The maximum Gasteiger partial charge on any atom is 0.252 e. The van der Waals surface area contributed by atoms with Crippen LogP contribution in [0.25, 0.3) is 11.0 Å². The minimum absolute atomic E-state index is 0.306. The van der Waals surface area contributed by atoms with Crippen molar-refractivity contribution in [1.82, 2.24) is 14.3 Å². The number of benzene rings is 1. The number of fused-ring (bicyclic) bond motifs is 1. The molecule has 1 saturated heterocycles. The van der Waals surface area contributed by atoms with E-state index in [2.05, 4.69) is 20.9 Å². The molecule has 25 heavy (non-hydrogen) atoms. The van der Waals surface area contributed by atoms with Gasteiger partial charge in [0.2, 0.25) is 0 Å². The molecule has 0 aliphatic carbocycles. The summed E-state index contributed by atoms with van der Waals surface area (Å²) < 4.78 is 27.7. The van der Waals surface area contributed by atoms with E-state index in [1.165, 1.54) is 4.31 Å². The summed E-state index contributed by atoms with van der Waals surface area (Å²) in [5, 5.41) is 0. The molecule has 132 valence electrons. The molecule has 9 heteroatoms. The van der Waals surface area contributed by atoms with Crippen LogP contribution in [0.1, 0.15) is 5.82 Å². The Morgan fingerprint density at radius 2 is 1.92 bits per heavy atom. The number of aromatic amines is 1. The smallest absolute Gasteiger partial charge is 0.252 e. The molecule has 0 radical (unpaired) electrons. The summed E-state index contributed by atoms with van der Waals surface area (Å²) in [6, 6.07) is 9.29. The van der Waals surface area contributed by atoms with Gasteiger partial charge in [0, 0.05) is 31.9 Å². The van der Waals surface area contributed by atoms with Crippen molar-refractivity contribution in [3.63, 3.8) is 0 Å². The Labute approximate surface area is 155 Å². The molecule has 0 bridgehead atoms. The van der Waals surface area contributed by atoms with Crippen molar-refractivity contribution < 1.29 is 8.42 Å². The zero-order valence-electron chi connectivity index (χ0n) is 13.6. The molecule has 0 unspecified atom stereocenters. The van der Waals surface area contributed by atoms with Crippen LogP contribution < -0.4 is 4.90 Å². The molecule has 0 saturated carbocycles. The molecule has 3 aromatic rings. The van der Waals surface area contributed by atoms with Gasteiger partial charge >= 0.3 is 0 Å². The standard InChI is InChI=1S/C16H17ClN4O2S2/c1-11-18-13-3-2-12(10-14(13)19-11)20-6-8-21(9-7-20)25(22,23)16-5-4-15(17)24-16/h2-5,10H,6-9H2,1H3,(H,18,19). The average molecular weight is 397 g/mol. The van der Waals surface area contributed by atoms with Gasteiger partial charge in [0.15, 0.2) is 0 Å². The molecular formula is C16H17ClN4O2S2. The van der Waals surface area contributed by atoms with E-state index in [9.17, 15) is 8.42 Å². The lowest BCUT2D eigenvalue weighted by atomic mass is 10.2. The second-order valence-electron chi connectivity index (χ2n) is 5.97. The van der Waals surface area contributed by atoms with Crippen molar-refractivity contribution in [2.75, 3.05) is 31.1 Å².